The molecule has 6 heterocycles. The molecule has 0 unspecified atom stereocenters. The average molecular weight is 1160 g/mol. The lowest BCUT2D eigenvalue weighted by molar-refractivity contribution is 0.0531. The molecule has 4 aromatic heterocycles. The molecule has 0 spiro atoms. The molecule has 416 valence electrons. The maximum atomic E-state index is 15.0. The maximum absolute atomic E-state index is 15.0. The summed E-state index contributed by atoms with van der Waals surface area (Å²) in [5.41, 5.74) is 5.00. The second-order valence-corrected chi connectivity index (χ2v) is 20.8. The van der Waals surface area contributed by atoms with Gasteiger partial charge in [-0.05, 0) is 79.4 Å². The highest BCUT2D eigenvalue weighted by Gasteiger charge is 2.34. The maximum Gasteiger partial charge on any atom is 0.414 e. The molecule has 2 aliphatic heterocycles. The zero-order valence-electron chi connectivity index (χ0n) is 42.9. The summed E-state index contributed by atoms with van der Waals surface area (Å²) in [4.78, 5) is 38.6. The minimum absolute atomic E-state index is 0. The molecule has 0 radical (unpaired) electrons. The fraction of sp³-hybridized carbons (Fsp3) is 0.314. The van der Waals surface area contributed by atoms with Crippen LogP contribution in [-0.2, 0) is 39.7 Å². The van der Waals surface area contributed by atoms with E-state index in [1.165, 1.54) is 33.7 Å². The largest absolute Gasteiger partial charge is 0.444 e. The number of thioether (sulfide) groups is 2. The molecule has 2 aliphatic rings. The van der Waals surface area contributed by atoms with Gasteiger partial charge in [0.05, 0.1) is 62.3 Å². The normalized spacial score (nSPS) is 14.8. The molecular formula is C51H56Cl2F2N16O6S2. The Morgan fingerprint density at radius 3 is 1.62 bits per heavy atom. The number of alkyl halides is 1. The van der Waals surface area contributed by atoms with Crippen LogP contribution >= 0.6 is 47.5 Å². The first-order chi connectivity index (χ1) is 37.8. The van der Waals surface area contributed by atoms with E-state index in [0.29, 0.717) is 67.7 Å². The molecule has 0 aliphatic carbocycles. The Morgan fingerprint density at radius 1 is 0.722 bits per heavy atom. The highest BCUT2D eigenvalue weighted by molar-refractivity contribution is 7.99. The summed E-state index contributed by atoms with van der Waals surface area (Å²) in [6.07, 6.45) is 7.70. The van der Waals surface area contributed by atoms with Gasteiger partial charge >= 0.3 is 18.3 Å². The van der Waals surface area contributed by atoms with Crippen LogP contribution < -0.4 is 20.4 Å². The smallest absolute Gasteiger partial charge is 0.414 e. The topological polar surface area (TPSA) is 254 Å². The minimum Gasteiger partial charge on any atom is -0.444 e. The number of ether oxygens (including phenoxy) is 3. The van der Waals surface area contributed by atoms with Crippen LogP contribution in [-0.4, -0.2) is 135 Å². The fourth-order valence-electron chi connectivity index (χ4n) is 7.72. The molecular weight excluding hydrogens is 1110 g/mol. The standard InChI is InChI=1S/C23H23FN8O2S.C19H16ClFN4O2.C9H16N4O2S.ClH/c24-21-11-18(32-15-19(34-23(32)33)14-31-9-7-26-30-31)5-6-20(21)17-3-1-16(2-4-17)12-25-8-10-35-22-13-27-29-28-22;20-10-13-1-3-14(4-2-13)17-6-5-15(9-18(17)21)25-12-16(27-19(25)26)11-24-8-7-22-23-24;1-9(2,3)15-8(14)10-4-5-16-7-6-11-13-12-7;/h1-7,9,11,13,19,25H,8,10,12,14-15H2,(H,27,28,29);1-9,16H,10-12H2;6H,4-5H2,1-3H3,(H,10,14)(H,11,12,13);1H/t19-;16-;;/m00../s1. The number of anilines is 2. The number of cyclic esters (lactones) is 2. The van der Waals surface area contributed by atoms with Crippen molar-refractivity contribution in [2.75, 3.05) is 47.5 Å². The SMILES string of the molecule is CC(C)(C)OC(=O)NCCSc1cn[nH]n1.Cl.O=C1O[C@@H](Cn2ccnn2)CN1c1ccc(-c2ccc(CCl)cc2)c(F)c1.O=C1O[C@@H](Cn2ccnn2)CN1c1ccc(-c2ccc(CNCCSc3cn[nH]n3)cc2)c(F)c1. The van der Waals surface area contributed by atoms with Gasteiger partial charge in [0.15, 0.2) is 0 Å². The van der Waals surface area contributed by atoms with E-state index in [-0.39, 0.29) is 24.6 Å². The number of hydrogen-bond donors (Lipinski definition) is 4. The Kier molecular flexibility index (Phi) is 21.5. The van der Waals surface area contributed by atoms with Gasteiger partial charge in [-0.2, -0.15) is 20.6 Å². The number of aromatic nitrogens is 12. The number of hydrogen-bond acceptors (Lipinski definition) is 17. The molecule has 2 fully saturated rings. The van der Waals surface area contributed by atoms with Crippen molar-refractivity contribution in [3.63, 3.8) is 0 Å². The highest BCUT2D eigenvalue weighted by atomic mass is 35.5. The number of H-pyrrole nitrogens is 2. The number of amides is 3. The molecule has 22 nitrogen and oxygen atoms in total. The quantitative estimate of drug-likeness (QED) is 0.0255. The van der Waals surface area contributed by atoms with Crippen LogP contribution in [0.15, 0.2) is 132 Å². The van der Waals surface area contributed by atoms with Gasteiger partial charge in [0.1, 0.15) is 39.5 Å². The second-order valence-electron chi connectivity index (χ2n) is 18.3. The Morgan fingerprint density at radius 2 is 1.20 bits per heavy atom. The van der Waals surface area contributed by atoms with E-state index in [4.69, 9.17) is 25.8 Å². The van der Waals surface area contributed by atoms with Crippen LogP contribution in [0.3, 0.4) is 0 Å². The van der Waals surface area contributed by atoms with Crippen molar-refractivity contribution >= 4 is 77.2 Å². The summed E-state index contributed by atoms with van der Waals surface area (Å²) in [6, 6.07) is 24.7. The predicted molar refractivity (Wildman–Crippen MR) is 296 cm³/mol. The predicted octanol–water partition coefficient (Wildman–Crippen LogP) is 8.80. The monoisotopic (exact) mass is 1160 g/mol. The van der Waals surface area contributed by atoms with Crippen LogP contribution in [0.1, 0.15) is 31.9 Å². The van der Waals surface area contributed by atoms with Crippen LogP contribution in [0.25, 0.3) is 22.3 Å². The molecule has 2 atom stereocenters. The van der Waals surface area contributed by atoms with E-state index < -0.39 is 35.5 Å². The zero-order valence-corrected chi connectivity index (χ0v) is 46.2. The number of aromatic amines is 2. The van der Waals surface area contributed by atoms with Crippen molar-refractivity contribution in [3.8, 4) is 22.3 Å². The first-order valence-electron chi connectivity index (χ1n) is 24.4. The molecule has 79 heavy (non-hydrogen) atoms. The number of halogens is 4. The Balaban J connectivity index is 0.000000182. The molecule has 0 bridgehead atoms. The van der Waals surface area contributed by atoms with E-state index in [0.717, 1.165) is 50.4 Å². The van der Waals surface area contributed by atoms with Crippen LogP contribution in [0, 0.1) is 11.6 Å². The minimum atomic E-state index is -0.501. The van der Waals surface area contributed by atoms with Crippen molar-refractivity contribution in [3.05, 3.63) is 145 Å². The van der Waals surface area contributed by atoms with Gasteiger partial charge in [-0.3, -0.25) is 9.80 Å². The average Bonchev–Trinajstić information content (AvgIpc) is 4.34. The summed E-state index contributed by atoms with van der Waals surface area (Å²) in [7, 11) is 0. The van der Waals surface area contributed by atoms with Crippen molar-refractivity contribution < 1.29 is 37.4 Å². The Bertz CT molecular complexity index is 3150. The fourth-order valence-corrected chi connectivity index (χ4v) is 9.24. The zero-order chi connectivity index (χ0) is 54.9. The molecule has 2 saturated heterocycles. The molecule has 8 aromatic rings. The van der Waals surface area contributed by atoms with E-state index in [9.17, 15) is 23.2 Å². The number of carbonyl (C=O) groups excluding carboxylic acids is 3. The second kappa shape index (κ2) is 28.8. The summed E-state index contributed by atoms with van der Waals surface area (Å²) >= 11 is 8.93. The van der Waals surface area contributed by atoms with E-state index in [1.807, 2.05) is 69.3 Å². The summed E-state index contributed by atoms with van der Waals surface area (Å²) in [5.74, 6) is 1.22. The van der Waals surface area contributed by atoms with Crippen LogP contribution in [0.5, 0.6) is 0 Å². The van der Waals surface area contributed by atoms with E-state index >= 15 is 0 Å². The highest BCUT2D eigenvalue weighted by Crippen LogP contribution is 2.32. The number of benzene rings is 4. The Hall–Kier alpha value is -7.65. The molecule has 4 aromatic carbocycles. The van der Waals surface area contributed by atoms with Gasteiger partial charge in [0.25, 0.3) is 0 Å². The van der Waals surface area contributed by atoms with Gasteiger partial charge in [-0.25, -0.2) is 32.5 Å². The summed E-state index contributed by atoms with van der Waals surface area (Å²) < 4.78 is 48.7. The number of alkyl carbamates (subject to hydrolysis) is 1. The van der Waals surface area contributed by atoms with Crippen molar-refractivity contribution in [2.24, 2.45) is 0 Å². The third kappa shape index (κ3) is 17.7. The number of carbonyl (C=O) groups is 3. The van der Waals surface area contributed by atoms with Gasteiger partial charge in [0.2, 0.25) is 0 Å². The van der Waals surface area contributed by atoms with Gasteiger partial charge in [-0.15, -0.1) is 67.9 Å². The third-order valence-corrected chi connectivity index (χ3v) is 13.5. The van der Waals surface area contributed by atoms with Gasteiger partial charge in [-0.1, -0.05) is 59.0 Å². The molecule has 28 heteroatoms. The van der Waals surface area contributed by atoms with Crippen molar-refractivity contribution in [1.29, 1.82) is 0 Å². The number of nitrogens with zero attached hydrogens (tertiary/aromatic N) is 12. The first kappa shape index (κ1) is 59.0. The van der Waals surface area contributed by atoms with Crippen molar-refractivity contribution in [2.45, 2.75) is 74.1 Å². The molecule has 3 amide bonds. The van der Waals surface area contributed by atoms with Crippen LogP contribution in [0.2, 0.25) is 0 Å². The lowest BCUT2D eigenvalue weighted by atomic mass is 10.0. The van der Waals surface area contributed by atoms with E-state index in [1.54, 1.807) is 82.6 Å². The third-order valence-electron chi connectivity index (χ3n) is 11.4. The number of nitrogens with one attached hydrogen (secondary N) is 4. The number of rotatable bonds is 19. The first-order valence-corrected chi connectivity index (χ1v) is 26.9. The van der Waals surface area contributed by atoms with E-state index in [2.05, 4.69) is 62.1 Å². The Labute approximate surface area is 472 Å². The summed E-state index contributed by atoms with van der Waals surface area (Å²) in [6.45, 7) is 9.00. The van der Waals surface area contributed by atoms with Crippen LogP contribution in [0.4, 0.5) is 34.5 Å². The molecule has 10 rings (SSSR count). The van der Waals surface area contributed by atoms with Crippen molar-refractivity contribution in [1.82, 2.24) is 71.4 Å². The molecule has 0 saturated carbocycles. The van der Waals surface area contributed by atoms with Gasteiger partial charge < -0.3 is 24.8 Å². The molecule has 4 N–H and O–H groups in total. The van der Waals surface area contributed by atoms with Gasteiger partial charge in [0, 0.05) is 60.5 Å². The lowest BCUT2D eigenvalue weighted by Crippen LogP contribution is -2.33. The summed E-state index contributed by atoms with van der Waals surface area (Å²) in [5, 5.41) is 43.4. The lowest BCUT2D eigenvalue weighted by Gasteiger charge is -2.19.